The van der Waals surface area contributed by atoms with Crippen molar-refractivity contribution in [3.63, 3.8) is 0 Å². The summed E-state index contributed by atoms with van der Waals surface area (Å²) in [5, 5.41) is -0.293. The van der Waals surface area contributed by atoms with Gasteiger partial charge >= 0.3 is 29.6 Å². The molecule has 0 radical (unpaired) electrons. The van der Waals surface area contributed by atoms with Gasteiger partial charge in [-0.25, -0.2) is 4.39 Å². The SMILES string of the molecule is O=C([S-])N1CCN(c2ccc(F)cc2)CC1.[Na+]. The molecule has 86 valence electrons. The molecule has 6 heteroatoms. The molecule has 1 saturated heterocycles. The van der Waals surface area contributed by atoms with Crippen LogP contribution in [0.25, 0.3) is 0 Å². The summed E-state index contributed by atoms with van der Waals surface area (Å²) in [6.07, 6.45) is 0. The van der Waals surface area contributed by atoms with Crippen LogP contribution in [0.2, 0.25) is 0 Å². The second-order valence-corrected chi connectivity index (χ2v) is 4.07. The molecule has 1 heterocycles. The molecule has 0 unspecified atom stereocenters. The Hall–Kier alpha value is -0.360. The Kier molecular flexibility index (Phi) is 5.66. The summed E-state index contributed by atoms with van der Waals surface area (Å²) in [5.74, 6) is -0.233. The van der Waals surface area contributed by atoms with Crippen LogP contribution in [-0.4, -0.2) is 36.3 Å². The molecule has 0 aromatic heterocycles. The monoisotopic (exact) mass is 262 g/mol. The molecule has 0 aliphatic carbocycles. The number of piperazine rings is 1. The summed E-state index contributed by atoms with van der Waals surface area (Å²) in [6, 6.07) is 6.39. The van der Waals surface area contributed by atoms with Crippen LogP contribution in [0.4, 0.5) is 14.9 Å². The Morgan fingerprint density at radius 1 is 1.12 bits per heavy atom. The number of rotatable bonds is 1. The van der Waals surface area contributed by atoms with Crippen molar-refractivity contribution < 1.29 is 38.7 Å². The van der Waals surface area contributed by atoms with E-state index in [0.717, 1.165) is 18.8 Å². The van der Waals surface area contributed by atoms with Crippen molar-refractivity contribution in [1.82, 2.24) is 4.90 Å². The van der Waals surface area contributed by atoms with Crippen molar-refractivity contribution in [2.75, 3.05) is 31.1 Å². The van der Waals surface area contributed by atoms with Crippen LogP contribution in [0.5, 0.6) is 0 Å². The number of benzene rings is 1. The van der Waals surface area contributed by atoms with Gasteiger partial charge in [-0.3, -0.25) is 0 Å². The van der Waals surface area contributed by atoms with Gasteiger partial charge in [0.25, 0.3) is 0 Å². The van der Waals surface area contributed by atoms with Gasteiger partial charge in [0, 0.05) is 31.9 Å². The third-order valence-electron chi connectivity index (χ3n) is 2.73. The third kappa shape index (κ3) is 3.81. The van der Waals surface area contributed by atoms with Gasteiger partial charge in [-0.2, -0.15) is 0 Å². The zero-order chi connectivity index (χ0) is 11.5. The normalized spacial score (nSPS) is 15.4. The molecule has 1 amide bonds. The summed E-state index contributed by atoms with van der Waals surface area (Å²) >= 11 is 4.59. The Balaban J connectivity index is 0.00000144. The second-order valence-electron chi connectivity index (χ2n) is 3.72. The van der Waals surface area contributed by atoms with E-state index in [1.807, 2.05) is 0 Å². The number of hydrogen-bond acceptors (Lipinski definition) is 3. The maximum absolute atomic E-state index is 12.7. The number of amides is 1. The van der Waals surface area contributed by atoms with E-state index >= 15 is 0 Å². The van der Waals surface area contributed by atoms with E-state index in [4.69, 9.17) is 0 Å². The van der Waals surface area contributed by atoms with Crippen molar-refractivity contribution >= 4 is 23.6 Å². The Morgan fingerprint density at radius 3 is 2.12 bits per heavy atom. The second kappa shape index (κ2) is 6.54. The molecular weight excluding hydrogens is 250 g/mol. The van der Waals surface area contributed by atoms with Crippen LogP contribution in [0.3, 0.4) is 0 Å². The molecule has 0 N–H and O–H groups in total. The Morgan fingerprint density at radius 2 is 1.65 bits per heavy atom. The zero-order valence-electron chi connectivity index (χ0n) is 9.73. The zero-order valence-corrected chi connectivity index (χ0v) is 12.5. The third-order valence-corrected chi connectivity index (χ3v) is 2.99. The van der Waals surface area contributed by atoms with E-state index < -0.39 is 0 Å². The number of nitrogens with zero attached hydrogens (tertiary/aromatic N) is 2. The van der Waals surface area contributed by atoms with Crippen molar-refractivity contribution in [2.24, 2.45) is 0 Å². The van der Waals surface area contributed by atoms with Gasteiger partial charge in [0.2, 0.25) is 0 Å². The molecule has 2 rings (SSSR count). The quantitative estimate of drug-likeness (QED) is 0.460. The van der Waals surface area contributed by atoms with Gasteiger partial charge in [0.1, 0.15) is 11.1 Å². The number of anilines is 1. The first kappa shape index (κ1) is 14.7. The van der Waals surface area contributed by atoms with E-state index in [-0.39, 0.29) is 40.6 Å². The van der Waals surface area contributed by atoms with Gasteiger partial charge in [-0.05, 0) is 24.3 Å². The first-order chi connectivity index (χ1) is 7.66. The fourth-order valence-electron chi connectivity index (χ4n) is 1.80. The van der Waals surface area contributed by atoms with E-state index in [0.29, 0.717) is 13.1 Å². The average molecular weight is 262 g/mol. The van der Waals surface area contributed by atoms with Crippen LogP contribution in [0.1, 0.15) is 0 Å². The molecule has 0 atom stereocenters. The van der Waals surface area contributed by atoms with Crippen LogP contribution in [0, 0.1) is 5.82 Å². The molecule has 3 nitrogen and oxygen atoms in total. The Bertz CT molecular complexity index is 380. The standard InChI is InChI=1S/C11H13FN2OS.Na/c12-9-1-3-10(4-2-9)13-5-7-14(8-6-13)11(15)16;/h1-4H,5-8H2,(H,15,16);/q;+1/p-1. The van der Waals surface area contributed by atoms with Crippen LogP contribution in [0.15, 0.2) is 24.3 Å². The first-order valence-corrected chi connectivity index (χ1v) is 5.54. The molecule has 1 aliphatic heterocycles. The van der Waals surface area contributed by atoms with Crippen LogP contribution in [-0.2, 0) is 12.6 Å². The average Bonchev–Trinajstić information content (AvgIpc) is 2.30. The largest absolute Gasteiger partial charge is 1.00 e. The van der Waals surface area contributed by atoms with Crippen LogP contribution < -0.4 is 34.5 Å². The number of hydrogen-bond donors (Lipinski definition) is 0. The van der Waals surface area contributed by atoms with E-state index in [1.165, 1.54) is 12.1 Å². The summed E-state index contributed by atoms with van der Waals surface area (Å²) in [6.45, 7) is 2.77. The predicted octanol–water partition coefficient (Wildman–Crippen LogP) is -1.38. The van der Waals surface area contributed by atoms with E-state index in [9.17, 15) is 9.18 Å². The molecule has 0 bridgehead atoms. The maximum atomic E-state index is 12.7. The van der Waals surface area contributed by atoms with Crippen LogP contribution >= 0.6 is 0 Å². The van der Waals surface area contributed by atoms with Crippen molar-refractivity contribution in [3.8, 4) is 0 Å². The summed E-state index contributed by atoms with van der Waals surface area (Å²) < 4.78 is 12.7. The fraction of sp³-hybridized carbons (Fsp3) is 0.364. The molecule has 0 spiro atoms. The molecule has 1 aromatic carbocycles. The van der Waals surface area contributed by atoms with E-state index in [2.05, 4.69) is 17.5 Å². The molecular formula is C11H12FN2NaOS. The van der Waals surface area contributed by atoms with Gasteiger partial charge in [-0.1, -0.05) is 0 Å². The van der Waals surface area contributed by atoms with E-state index in [1.54, 1.807) is 17.0 Å². The van der Waals surface area contributed by atoms with Crippen molar-refractivity contribution in [3.05, 3.63) is 30.1 Å². The summed E-state index contributed by atoms with van der Waals surface area (Å²) in [4.78, 5) is 14.7. The smallest absolute Gasteiger partial charge is 0.719 e. The summed E-state index contributed by atoms with van der Waals surface area (Å²) in [5.41, 5.74) is 0.984. The summed E-state index contributed by atoms with van der Waals surface area (Å²) in [7, 11) is 0. The first-order valence-electron chi connectivity index (χ1n) is 5.13. The predicted molar refractivity (Wildman–Crippen MR) is 62.9 cm³/mol. The topological polar surface area (TPSA) is 23.6 Å². The molecule has 1 aliphatic rings. The van der Waals surface area contributed by atoms with Gasteiger partial charge in [0.15, 0.2) is 0 Å². The Labute approximate surface area is 128 Å². The maximum Gasteiger partial charge on any atom is 1.00 e. The van der Waals surface area contributed by atoms with Gasteiger partial charge < -0.3 is 27.2 Å². The fourth-order valence-corrected chi connectivity index (χ4v) is 1.98. The minimum Gasteiger partial charge on any atom is -0.719 e. The van der Waals surface area contributed by atoms with Gasteiger partial charge in [0.05, 0.1) is 0 Å². The minimum absolute atomic E-state index is 0. The number of halogens is 1. The van der Waals surface area contributed by atoms with Crippen molar-refractivity contribution in [1.29, 1.82) is 0 Å². The molecule has 0 saturated carbocycles. The van der Waals surface area contributed by atoms with Gasteiger partial charge in [-0.15, -0.1) is 0 Å². The number of carbonyl (C=O) groups excluding carboxylic acids is 1. The molecule has 1 fully saturated rings. The van der Waals surface area contributed by atoms with Crippen molar-refractivity contribution in [2.45, 2.75) is 0 Å². The molecule has 1 aromatic rings. The minimum atomic E-state index is -0.293. The molecule has 17 heavy (non-hydrogen) atoms. The number of carbonyl (C=O) groups is 1.